The molecule has 0 bridgehead atoms. The highest BCUT2D eigenvalue weighted by atomic mass is 16.5. The lowest BCUT2D eigenvalue weighted by Crippen LogP contribution is -2.37. The van der Waals surface area contributed by atoms with E-state index in [1.807, 2.05) is 91.5 Å². The first-order valence-corrected chi connectivity index (χ1v) is 19.6. The lowest BCUT2D eigenvalue weighted by Gasteiger charge is -2.25. The Balaban J connectivity index is 0.000000333. The number of pyridine rings is 3. The van der Waals surface area contributed by atoms with Crippen LogP contribution in [0, 0.1) is 6.92 Å². The molecule has 0 atom stereocenters. The normalized spacial score (nSPS) is 12.2. The summed E-state index contributed by atoms with van der Waals surface area (Å²) >= 11 is 0. The smallest absolute Gasteiger partial charge is 0.292 e. The third-order valence-corrected chi connectivity index (χ3v) is 9.38. The molecule has 3 aromatic heterocycles. The van der Waals surface area contributed by atoms with Gasteiger partial charge in [-0.15, -0.1) is 0 Å². The number of aryl methyl sites for hydroxylation is 1. The summed E-state index contributed by atoms with van der Waals surface area (Å²) in [6.07, 6.45) is 12.9. The number of hydrogen-bond donors (Lipinski definition) is 2. The van der Waals surface area contributed by atoms with E-state index in [1.54, 1.807) is 0 Å². The van der Waals surface area contributed by atoms with Crippen molar-refractivity contribution in [1.82, 2.24) is 30.1 Å². The van der Waals surface area contributed by atoms with Gasteiger partial charge in [-0.1, -0.05) is 67.1 Å². The van der Waals surface area contributed by atoms with Gasteiger partial charge in [0.1, 0.15) is 5.75 Å². The lowest BCUT2D eigenvalue weighted by atomic mass is 10.0. The molecule has 4 heterocycles. The number of nitrogens with one attached hydrogen (secondary N) is 1. The average Bonchev–Trinajstić information content (AvgIpc) is 3.22. The van der Waals surface area contributed by atoms with Gasteiger partial charge < -0.3 is 15.2 Å². The van der Waals surface area contributed by atoms with Gasteiger partial charge in [0.2, 0.25) is 0 Å². The van der Waals surface area contributed by atoms with Gasteiger partial charge in [-0.3, -0.25) is 34.5 Å². The fraction of sp³-hybridized carbons (Fsp3) is 0.340. The van der Waals surface area contributed by atoms with Crippen molar-refractivity contribution in [3.05, 3.63) is 167 Å². The number of aliphatic imine (C=N–C) groups is 1. The molecule has 57 heavy (non-hydrogen) atoms. The molecule has 1 aliphatic rings. The van der Waals surface area contributed by atoms with E-state index in [0.29, 0.717) is 39.2 Å². The minimum Gasteiger partial charge on any atom is -0.508 e. The minimum absolute atomic E-state index is 0.241. The molecule has 10 nitrogen and oxygen atoms in total. The Morgan fingerprint density at radius 1 is 0.719 bits per heavy atom. The number of rotatable bonds is 17. The number of carbonyl (C=O) groups excluding carboxylic acids is 1. The number of phenolic OH excluding ortho intramolecular Hbond substituents is 1. The molecule has 0 spiro atoms. The predicted octanol–water partition coefficient (Wildman–Crippen LogP) is 8.59. The molecule has 0 fully saturated rings. The standard InChI is InChI=1S/C32H34N6O.C13H21N.C2H4O2/c39-32-18-26(20-37(22-28-9-1-5-13-33-28)23-29-10-2-6-14-34-29)17-27(19-32)21-38(24-30-11-3-7-15-35-30)25-31-12-4-8-16-36-31;1-5-13(3,4)14-10-12-8-6-11(2)7-9-12;1-4-2-3/h1-3,5-7,9-19,39H,4,8,20-25H2;6-9,14H,5,10H2,1-4H3;2H,1H3. The predicted molar refractivity (Wildman–Crippen MR) is 229 cm³/mol. The van der Waals surface area contributed by atoms with Crippen molar-refractivity contribution in [1.29, 1.82) is 0 Å². The van der Waals surface area contributed by atoms with E-state index in [9.17, 15) is 5.11 Å². The Labute approximate surface area is 339 Å². The molecule has 0 radical (unpaired) electrons. The number of aromatic hydroxyl groups is 1. The fourth-order valence-corrected chi connectivity index (χ4v) is 6.01. The maximum absolute atomic E-state index is 10.7. The zero-order valence-corrected chi connectivity index (χ0v) is 34.2. The second-order valence-corrected chi connectivity index (χ2v) is 14.8. The summed E-state index contributed by atoms with van der Waals surface area (Å²) in [6, 6.07) is 32.6. The van der Waals surface area contributed by atoms with Crippen LogP contribution in [0.5, 0.6) is 5.75 Å². The Kier molecular flexibility index (Phi) is 18.7. The Bertz CT molecular complexity index is 1900. The van der Waals surface area contributed by atoms with Crippen LogP contribution in [0.3, 0.4) is 0 Å². The van der Waals surface area contributed by atoms with Crippen molar-refractivity contribution in [2.45, 2.75) is 91.8 Å². The van der Waals surface area contributed by atoms with Crippen molar-refractivity contribution in [2.75, 3.05) is 13.7 Å². The maximum atomic E-state index is 10.7. The van der Waals surface area contributed by atoms with Crippen molar-refractivity contribution in [3.63, 3.8) is 0 Å². The minimum atomic E-state index is 0.241. The number of benzene rings is 2. The van der Waals surface area contributed by atoms with Crippen LogP contribution in [0.1, 0.15) is 79.4 Å². The summed E-state index contributed by atoms with van der Waals surface area (Å²) < 4.78 is 3.86. The second kappa shape index (κ2) is 24.2. The molecule has 300 valence electrons. The third-order valence-electron chi connectivity index (χ3n) is 9.38. The van der Waals surface area contributed by atoms with Gasteiger partial charge in [-0.05, 0) is 105 Å². The topological polar surface area (TPSA) is 116 Å². The van der Waals surface area contributed by atoms with Gasteiger partial charge in [0.05, 0.1) is 29.9 Å². The number of hydrogen-bond acceptors (Lipinski definition) is 10. The molecule has 0 aliphatic carbocycles. The number of aromatic nitrogens is 3. The monoisotopic (exact) mass is 769 g/mol. The molecule has 0 saturated carbocycles. The molecular formula is C47H59N7O3. The highest BCUT2D eigenvalue weighted by molar-refractivity contribution is 5.60. The molecule has 10 heteroatoms. The number of ether oxygens (including phenoxy) is 1. The van der Waals surface area contributed by atoms with Crippen LogP contribution in [0.2, 0.25) is 0 Å². The summed E-state index contributed by atoms with van der Waals surface area (Å²) in [5, 5.41) is 14.2. The Morgan fingerprint density at radius 3 is 1.65 bits per heavy atom. The van der Waals surface area contributed by atoms with Crippen molar-refractivity contribution < 1.29 is 14.6 Å². The fourth-order valence-electron chi connectivity index (χ4n) is 6.01. The molecule has 1 aliphatic heterocycles. The van der Waals surface area contributed by atoms with Crippen LogP contribution in [-0.4, -0.2) is 61.7 Å². The summed E-state index contributed by atoms with van der Waals surface area (Å²) in [5.74, 6) is 0.269. The first-order chi connectivity index (χ1) is 27.6. The van der Waals surface area contributed by atoms with Crippen molar-refractivity contribution in [3.8, 4) is 5.75 Å². The van der Waals surface area contributed by atoms with Gasteiger partial charge in [-0.2, -0.15) is 0 Å². The van der Waals surface area contributed by atoms with Crippen molar-refractivity contribution >= 4 is 12.7 Å². The zero-order chi connectivity index (χ0) is 40.7. The van der Waals surface area contributed by atoms with Gasteiger partial charge in [0, 0.05) is 76.2 Å². The number of carbonyl (C=O) groups is 1. The first-order valence-electron chi connectivity index (χ1n) is 19.6. The molecule has 6 rings (SSSR count). The molecule has 2 aromatic carbocycles. The van der Waals surface area contributed by atoms with Crippen LogP contribution in [0.15, 0.2) is 132 Å². The SMILES string of the molecule is CCC(C)(C)NCc1ccc(C)cc1.COC=O.Oc1cc(CN(CC2=CCCC=N2)Cc2ccccn2)cc(CN(Cc2ccccn2)Cc2ccccn2)c1. The molecule has 0 amide bonds. The molecular weight excluding hydrogens is 711 g/mol. The summed E-state index contributed by atoms with van der Waals surface area (Å²) in [7, 11) is 1.31. The highest BCUT2D eigenvalue weighted by Gasteiger charge is 2.16. The van der Waals surface area contributed by atoms with E-state index in [1.165, 1.54) is 18.2 Å². The number of nitrogens with zero attached hydrogens (tertiary/aromatic N) is 6. The van der Waals surface area contributed by atoms with Gasteiger partial charge >= 0.3 is 0 Å². The van der Waals surface area contributed by atoms with Crippen molar-refractivity contribution in [2.24, 2.45) is 4.99 Å². The summed E-state index contributed by atoms with van der Waals surface area (Å²) in [4.78, 5) is 31.8. The Morgan fingerprint density at radius 2 is 1.23 bits per heavy atom. The van der Waals surface area contributed by atoms with Crippen LogP contribution in [-0.2, 0) is 48.8 Å². The molecule has 0 unspecified atom stereocenters. The van der Waals surface area contributed by atoms with Gasteiger partial charge in [-0.25, -0.2) is 0 Å². The maximum Gasteiger partial charge on any atom is 0.292 e. The lowest BCUT2D eigenvalue weighted by molar-refractivity contribution is -0.126. The van der Waals surface area contributed by atoms with Crippen LogP contribution >= 0.6 is 0 Å². The van der Waals surface area contributed by atoms with E-state index < -0.39 is 0 Å². The summed E-state index contributed by atoms with van der Waals surface area (Å²) in [5.41, 5.74) is 9.10. The Hall–Kier alpha value is -5.55. The molecule has 0 saturated heterocycles. The number of methoxy groups -OCH3 is 1. The second-order valence-electron chi connectivity index (χ2n) is 14.8. The first kappa shape index (κ1) is 44.2. The van der Waals surface area contributed by atoms with Gasteiger partial charge in [0.25, 0.3) is 6.47 Å². The van der Waals surface area contributed by atoms with E-state index in [2.05, 4.69) is 104 Å². The zero-order valence-electron chi connectivity index (χ0n) is 34.2. The molecule has 2 N–H and O–H groups in total. The van der Waals surface area contributed by atoms with E-state index in [0.717, 1.165) is 66.3 Å². The van der Waals surface area contributed by atoms with Crippen LogP contribution in [0.25, 0.3) is 0 Å². The number of phenols is 1. The highest BCUT2D eigenvalue weighted by Crippen LogP contribution is 2.22. The van der Waals surface area contributed by atoms with Crippen LogP contribution in [0.4, 0.5) is 0 Å². The number of allylic oxidation sites excluding steroid dienone is 1. The van der Waals surface area contributed by atoms with Crippen LogP contribution < -0.4 is 5.32 Å². The quantitative estimate of drug-likeness (QED) is 0.0898. The third kappa shape index (κ3) is 17.4. The molecule has 5 aromatic rings. The van der Waals surface area contributed by atoms with Gasteiger partial charge in [0.15, 0.2) is 0 Å². The van der Waals surface area contributed by atoms with E-state index >= 15 is 0 Å². The van der Waals surface area contributed by atoms with E-state index in [4.69, 9.17) is 4.79 Å². The average molecular weight is 770 g/mol. The largest absolute Gasteiger partial charge is 0.508 e. The summed E-state index contributed by atoms with van der Waals surface area (Å²) in [6.45, 7) is 14.3. The van der Waals surface area contributed by atoms with E-state index in [-0.39, 0.29) is 11.3 Å².